The van der Waals surface area contributed by atoms with Crippen molar-refractivity contribution in [2.45, 2.75) is 33.6 Å². The highest BCUT2D eigenvalue weighted by molar-refractivity contribution is 5.94. The van der Waals surface area contributed by atoms with Gasteiger partial charge in [-0.2, -0.15) is 0 Å². The monoisotopic (exact) mass is 401 g/mol. The zero-order chi connectivity index (χ0) is 21.2. The van der Waals surface area contributed by atoms with E-state index in [1.54, 1.807) is 24.0 Å². The summed E-state index contributed by atoms with van der Waals surface area (Å²) in [6, 6.07) is 6.55. The molecule has 1 aromatic carbocycles. The summed E-state index contributed by atoms with van der Waals surface area (Å²) in [5.74, 6) is -0.855. The average molecular weight is 401 g/mol. The quantitative estimate of drug-likeness (QED) is 0.833. The number of halogens is 2. The normalized spacial score (nSPS) is 15.3. The smallest absolute Gasteiger partial charge is 0.231 e. The molecule has 154 valence electrons. The van der Waals surface area contributed by atoms with Gasteiger partial charge >= 0.3 is 0 Å². The molecule has 0 aliphatic carbocycles. The number of anilines is 1. The van der Waals surface area contributed by atoms with Crippen LogP contribution in [0.15, 0.2) is 36.5 Å². The van der Waals surface area contributed by atoms with Crippen molar-refractivity contribution in [2.24, 2.45) is 11.3 Å². The molecular weight excluding hydrogens is 376 g/mol. The van der Waals surface area contributed by atoms with Crippen LogP contribution in [0.5, 0.6) is 0 Å². The molecule has 5 nitrogen and oxygen atoms in total. The van der Waals surface area contributed by atoms with Crippen LogP contribution in [-0.2, 0) is 9.59 Å². The third-order valence-corrected chi connectivity index (χ3v) is 5.75. The van der Waals surface area contributed by atoms with E-state index in [9.17, 15) is 18.4 Å². The van der Waals surface area contributed by atoms with Crippen molar-refractivity contribution < 1.29 is 18.4 Å². The Morgan fingerprint density at radius 2 is 1.69 bits per heavy atom. The first-order valence-corrected chi connectivity index (χ1v) is 9.66. The molecule has 1 aromatic heterocycles. The van der Waals surface area contributed by atoms with E-state index in [2.05, 4.69) is 10.3 Å². The van der Waals surface area contributed by atoms with Crippen LogP contribution < -0.4 is 5.32 Å². The van der Waals surface area contributed by atoms with Crippen molar-refractivity contribution in [3.8, 4) is 11.1 Å². The number of carbonyl (C=O) groups is 2. The second-order valence-corrected chi connectivity index (χ2v) is 8.05. The molecule has 1 fully saturated rings. The van der Waals surface area contributed by atoms with Crippen molar-refractivity contribution in [1.29, 1.82) is 0 Å². The molecule has 1 aliphatic heterocycles. The molecule has 1 aliphatic rings. The summed E-state index contributed by atoms with van der Waals surface area (Å²) >= 11 is 0. The standard InChI is InChI=1S/C22H25F2N3O2/c1-14(28)27-8-6-17(7-9-27)22(2,3)21(29)26-20-5-4-15(13-25-20)16-10-18(23)12-19(24)11-16/h4-5,10-13,17H,6-9H2,1-3H3,(H,25,26,29). The van der Waals surface area contributed by atoms with Gasteiger partial charge in [-0.15, -0.1) is 0 Å². The van der Waals surface area contributed by atoms with E-state index >= 15 is 0 Å². The fraction of sp³-hybridized carbons (Fsp3) is 0.409. The number of carbonyl (C=O) groups excluding carboxylic acids is 2. The number of likely N-dealkylation sites (tertiary alicyclic amines) is 1. The molecule has 29 heavy (non-hydrogen) atoms. The number of rotatable bonds is 4. The Hall–Kier alpha value is -2.83. The van der Waals surface area contributed by atoms with Crippen LogP contribution in [0.1, 0.15) is 33.6 Å². The van der Waals surface area contributed by atoms with E-state index in [-0.39, 0.29) is 17.7 Å². The van der Waals surface area contributed by atoms with Crippen LogP contribution in [0.2, 0.25) is 0 Å². The molecule has 0 spiro atoms. The second-order valence-electron chi connectivity index (χ2n) is 8.05. The van der Waals surface area contributed by atoms with Gasteiger partial charge < -0.3 is 10.2 Å². The Bertz CT molecular complexity index is 885. The van der Waals surface area contributed by atoms with Gasteiger partial charge in [0.25, 0.3) is 0 Å². The van der Waals surface area contributed by atoms with Gasteiger partial charge in [0, 0.05) is 43.3 Å². The summed E-state index contributed by atoms with van der Waals surface area (Å²) in [4.78, 5) is 30.4. The number of amides is 2. The molecule has 3 rings (SSSR count). The number of pyridine rings is 1. The Labute approximate surface area is 169 Å². The van der Waals surface area contributed by atoms with E-state index < -0.39 is 17.0 Å². The van der Waals surface area contributed by atoms with Crippen LogP contribution in [0.3, 0.4) is 0 Å². The highest BCUT2D eigenvalue weighted by atomic mass is 19.1. The number of hydrogen-bond acceptors (Lipinski definition) is 3. The minimum absolute atomic E-state index is 0.0631. The van der Waals surface area contributed by atoms with E-state index in [1.807, 2.05) is 13.8 Å². The van der Waals surface area contributed by atoms with Gasteiger partial charge in [0.05, 0.1) is 0 Å². The van der Waals surface area contributed by atoms with Crippen molar-refractivity contribution >= 4 is 17.6 Å². The lowest BCUT2D eigenvalue weighted by atomic mass is 9.73. The van der Waals surface area contributed by atoms with Crippen molar-refractivity contribution in [3.63, 3.8) is 0 Å². The molecule has 2 heterocycles. The molecule has 0 radical (unpaired) electrons. The maximum Gasteiger partial charge on any atom is 0.231 e. The largest absolute Gasteiger partial charge is 0.343 e. The summed E-state index contributed by atoms with van der Waals surface area (Å²) in [5.41, 5.74) is 0.317. The van der Waals surface area contributed by atoms with Gasteiger partial charge in [-0.25, -0.2) is 13.8 Å². The molecule has 0 saturated carbocycles. The van der Waals surface area contributed by atoms with Crippen LogP contribution >= 0.6 is 0 Å². The molecule has 1 N–H and O–H groups in total. The number of aromatic nitrogens is 1. The second kappa shape index (κ2) is 8.27. The zero-order valence-corrected chi connectivity index (χ0v) is 16.8. The van der Waals surface area contributed by atoms with E-state index in [1.165, 1.54) is 18.3 Å². The van der Waals surface area contributed by atoms with Crippen LogP contribution in [-0.4, -0.2) is 34.8 Å². The van der Waals surface area contributed by atoms with Gasteiger partial charge in [0.1, 0.15) is 17.5 Å². The molecule has 0 bridgehead atoms. The molecule has 0 unspecified atom stereocenters. The zero-order valence-electron chi connectivity index (χ0n) is 16.8. The Kier molecular flexibility index (Phi) is 5.96. The van der Waals surface area contributed by atoms with E-state index in [0.717, 1.165) is 18.9 Å². The predicted octanol–water partition coefficient (Wildman–Crippen LogP) is 4.25. The fourth-order valence-corrected chi connectivity index (χ4v) is 3.74. The molecule has 2 amide bonds. The van der Waals surface area contributed by atoms with E-state index in [4.69, 9.17) is 0 Å². The molecular formula is C22H25F2N3O2. The Morgan fingerprint density at radius 1 is 1.07 bits per heavy atom. The van der Waals surface area contributed by atoms with Gasteiger partial charge in [-0.3, -0.25) is 9.59 Å². The number of hydrogen-bond donors (Lipinski definition) is 1. The van der Waals surface area contributed by atoms with Crippen molar-refractivity contribution in [3.05, 3.63) is 48.2 Å². The summed E-state index contributed by atoms with van der Waals surface area (Å²) in [5, 5.41) is 2.84. The summed E-state index contributed by atoms with van der Waals surface area (Å²) in [7, 11) is 0. The average Bonchev–Trinajstić information content (AvgIpc) is 2.67. The number of piperidine rings is 1. The van der Waals surface area contributed by atoms with Gasteiger partial charge in [0.2, 0.25) is 11.8 Å². The maximum absolute atomic E-state index is 13.4. The fourth-order valence-electron chi connectivity index (χ4n) is 3.74. The van der Waals surface area contributed by atoms with Crippen LogP contribution in [0, 0.1) is 23.0 Å². The number of nitrogens with one attached hydrogen (secondary N) is 1. The Balaban J connectivity index is 1.66. The minimum Gasteiger partial charge on any atom is -0.343 e. The number of benzene rings is 1. The van der Waals surface area contributed by atoms with Crippen LogP contribution in [0.4, 0.5) is 14.6 Å². The SMILES string of the molecule is CC(=O)N1CCC(C(C)(C)C(=O)Nc2ccc(-c3cc(F)cc(F)c3)cn2)CC1. The topological polar surface area (TPSA) is 62.3 Å². The summed E-state index contributed by atoms with van der Waals surface area (Å²) < 4.78 is 26.8. The Morgan fingerprint density at radius 3 is 2.21 bits per heavy atom. The minimum atomic E-state index is -0.657. The third kappa shape index (κ3) is 4.78. The van der Waals surface area contributed by atoms with Crippen molar-refractivity contribution in [2.75, 3.05) is 18.4 Å². The highest BCUT2D eigenvalue weighted by Crippen LogP contribution is 2.36. The molecule has 2 aromatic rings. The van der Waals surface area contributed by atoms with E-state index in [0.29, 0.717) is 30.0 Å². The highest BCUT2D eigenvalue weighted by Gasteiger charge is 2.39. The van der Waals surface area contributed by atoms with Gasteiger partial charge in [-0.1, -0.05) is 13.8 Å². The summed E-state index contributed by atoms with van der Waals surface area (Å²) in [6.07, 6.45) is 3.02. The van der Waals surface area contributed by atoms with Gasteiger partial charge in [-0.05, 0) is 48.6 Å². The molecule has 0 atom stereocenters. The lowest BCUT2D eigenvalue weighted by Gasteiger charge is -2.39. The van der Waals surface area contributed by atoms with Crippen molar-refractivity contribution in [1.82, 2.24) is 9.88 Å². The molecule has 1 saturated heterocycles. The first-order valence-electron chi connectivity index (χ1n) is 9.66. The third-order valence-electron chi connectivity index (χ3n) is 5.75. The first-order chi connectivity index (χ1) is 13.7. The summed E-state index contributed by atoms with van der Waals surface area (Å²) in [6.45, 7) is 6.69. The lowest BCUT2D eigenvalue weighted by Crippen LogP contribution is -2.45. The number of nitrogens with zero attached hydrogens (tertiary/aromatic N) is 2. The maximum atomic E-state index is 13.4. The lowest BCUT2D eigenvalue weighted by molar-refractivity contribution is -0.132. The molecule has 7 heteroatoms. The predicted molar refractivity (Wildman–Crippen MR) is 107 cm³/mol. The van der Waals surface area contributed by atoms with Crippen LogP contribution in [0.25, 0.3) is 11.1 Å². The van der Waals surface area contributed by atoms with Gasteiger partial charge in [0.15, 0.2) is 0 Å². The first kappa shape index (κ1) is 20.9.